The maximum absolute atomic E-state index is 13.8. The van der Waals surface area contributed by atoms with Crippen LogP contribution in [0.5, 0.6) is 0 Å². The minimum absolute atomic E-state index is 0.0338. The molecule has 2 rings (SSSR count). The number of anilines is 2. The molecule has 0 fully saturated rings. The molecule has 0 radical (unpaired) electrons. The summed E-state index contributed by atoms with van der Waals surface area (Å²) in [6, 6.07) is 7.12. The number of allylic oxidation sites excluding steroid dienone is 1. The Morgan fingerprint density at radius 3 is 2.65 bits per heavy atom. The minimum atomic E-state index is -0.549. The number of benzene rings is 1. The van der Waals surface area contributed by atoms with Crippen molar-refractivity contribution in [2.45, 2.75) is 0 Å². The maximum Gasteiger partial charge on any atom is 0.206 e. The molecule has 120 valence electrons. The van der Waals surface area contributed by atoms with Gasteiger partial charge in [-0.1, -0.05) is 11.6 Å². The molecule has 1 aromatic carbocycles. The Bertz CT molecular complexity index is 787. The standard InChI is InChI=1S/C15H15ClFN5O/c16-8-1-2-11(17)10(5-8)12(18)7-13(15(20)23)22-9-3-4-21-14(19)6-9/h1-7,23H,18,20H2,(H3,19,21,22)/b12-7-,15-13-. The van der Waals surface area contributed by atoms with Gasteiger partial charge in [0.15, 0.2) is 0 Å². The fraction of sp³-hybridized carbons (Fsp3) is 0. The zero-order valence-electron chi connectivity index (χ0n) is 11.9. The quantitative estimate of drug-likeness (QED) is 0.432. The van der Waals surface area contributed by atoms with Crippen molar-refractivity contribution in [3.8, 4) is 0 Å². The molecule has 0 amide bonds. The van der Waals surface area contributed by atoms with E-state index in [-0.39, 0.29) is 22.8 Å². The third kappa shape index (κ3) is 4.27. The van der Waals surface area contributed by atoms with Gasteiger partial charge in [-0.2, -0.15) is 0 Å². The van der Waals surface area contributed by atoms with Crippen molar-refractivity contribution in [2.24, 2.45) is 11.5 Å². The Balaban J connectivity index is 2.35. The fourth-order valence-corrected chi connectivity index (χ4v) is 1.98. The Morgan fingerprint density at radius 2 is 2.00 bits per heavy atom. The molecule has 0 aliphatic heterocycles. The van der Waals surface area contributed by atoms with E-state index in [9.17, 15) is 9.50 Å². The Hall–Kier alpha value is -2.93. The van der Waals surface area contributed by atoms with Gasteiger partial charge >= 0.3 is 0 Å². The zero-order chi connectivity index (χ0) is 17.0. The molecule has 0 bridgehead atoms. The second-order valence-corrected chi connectivity index (χ2v) is 5.05. The van der Waals surface area contributed by atoms with Gasteiger partial charge < -0.3 is 27.6 Å². The van der Waals surface area contributed by atoms with Gasteiger partial charge in [0.2, 0.25) is 5.88 Å². The summed E-state index contributed by atoms with van der Waals surface area (Å²) in [6.45, 7) is 0. The van der Waals surface area contributed by atoms with Crippen LogP contribution in [0.4, 0.5) is 15.9 Å². The zero-order valence-corrected chi connectivity index (χ0v) is 12.7. The minimum Gasteiger partial charge on any atom is -0.493 e. The first-order valence-corrected chi connectivity index (χ1v) is 6.84. The van der Waals surface area contributed by atoms with Crippen LogP contribution in [-0.4, -0.2) is 10.1 Å². The van der Waals surface area contributed by atoms with E-state index in [0.29, 0.717) is 10.7 Å². The molecule has 0 atom stereocenters. The van der Waals surface area contributed by atoms with Gasteiger partial charge in [0.05, 0.1) is 0 Å². The van der Waals surface area contributed by atoms with Crippen LogP contribution < -0.4 is 22.5 Å². The molecule has 1 heterocycles. The van der Waals surface area contributed by atoms with Crippen LogP contribution in [0, 0.1) is 5.82 Å². The predicted molar refractivity (Wildman–Crippen MR) is 89.7 cm³/mol. The first-order valence-electron chi connectivity index (χ1n) is 6.46. The van der Waals surface area contributed by atoms with Gasteiger partial charge in [0.25, 0.3) is 0 Å². The number of aliphatic hydroxyl groups is 1. The van der Waals surface area contributed by atoms with Crippen LogP contribution in [0.2, 0.25) is 5.02 Å². The van der Waals surface area contributed by atoms with Crippen molar-refractivity contribution < 1.29 is 9.50 Å². The number of hydrogen-bond acceptors (Lipinski definition) is 6. The molecule has 2 aromatic rings. The summed E-state index contributed by atoms with van der Waals surface area (Å²) in [4.78, 5) is 3.85. The molecule has 8 heteroatoms. The van der Waals surface area contributed by atoms with Crippen molar-refractivity contribution in [3.05, 3.63) is 70.6 Å². The Morgan fingerprint density at radius 1 is 1.26 bits per heavy atom. The lowest BCUT2D eigenvalue weighted by atomic mass is 10.1. The number of hydrogen-bond donors (Lipinski definition) is 5. The lowest BCUT2D eigenvalue weighted by molar-refractivity contribution is 0.401. The number of nitrogens with zero attached hydrogens (tertiary/aromatic N) is 1. The fourth-order valence-electron chi connectivity index (χ4n) is 1.81. The van der Waals surface area contributed by atoms with E-state index >= 15 is 0 Å². The largest absolute Gasteiger partial charge is 0.493 e. The van der Waals surface area contributed by atoms with E-state index in [4.69, 9.17) is 28.8 Å². The number of nitrogen functional groups attached to an aromatic ring is 1. The molecule has 0 spiro atoms. The molecule has 0 saturated heterocycles. The van der Waals surface area contributed by atoms with Crippen LogP contribution in [0.25, 0.3) is 5.70 Å². The summed E-state index contributed by atoms with van der Waals surface area (Å²) in [5.74, 6) is -0.790. The van der Waals surface area contributed by atoms with Crippen molar-refractivity contribution >= 4 is 28.8 Å². The number of rotatable bonds is 4. The van der Waals surface area contributed by atoms with E-state index in [1.165, 1.54) is 36.5 Å². The van der Waals surface area contributed by atoms with Crippen LogP contribution in [0.15, 0.2) is 54.2 Å². The summed E-state index contributed by atoms with van der Waals surface area (Å²) in [7, 11) is 0. The monoisotopic (exact) mass is 335 g/mol. The second-order valence-electron chi connectivity index (χ2n) is 4.62. The van der Waals surface area contributed by atoms with Crippen molar-refractivity contribution in [1.29, 1.82) is 0 Å². The molecule has 6 nitrogen and oxygen atoms in total. The number of halogens is 2. The average molecular weight is 336 g/mol. The molecule has 0 aliphatic carbocycles. The Kier molecular flexibility index (Phi) is 4.92. The number of pyridine rings is 1. The first-order chi connectivity index (χ1) is 10.9. The van der Waals surface area contributed by atoms with Gasteiger partial charge in [-0.05, 0) is 30.3 Å². The third-order valence-corrected chi connectivity index (χ3v) is 3.11. The molecular weight excluding hydrogens is 321 g/mol. The molecular formula is C15H15ClFN5O. The maximum atomic E-state index is 13.8. The summed E-state index contributed by atoms with van der Waals surface area (Å²) in [5.41, 5.74) is 17.6. The van der Waals surface area contributed by atoms with Crippen LogP contribution in [0.3, 0.4) is 0 Å². The number of nitrogens with two attached hydrogens (primary N) is 3. The average Bonchev–Trinajstić information content (AvgIpc) is 2.49. The highest BCUT2D eigenvalue weighted by Gasteiger charge is 2.09. The van der Waals surface area contributed by atoms with E-state index in [0.717, 1.165) is 0 Å². The second kappa shape index (κ2) is 6.89. The molecule has 0 aliphatic rings. The third-order valence-electron chi connectivity index (χ3n) is 2.88. The molecule has 8 N–H and O–H groups in total. The molecule has 1 aromatic heterocycles. The molecule has 0 unspecified atom stereocenters. The van der Waals surface area contributed by atoms with Crippen LogP contribution in [-0.2, 0) is 0 Å². The SMILES string of the molecule is N/C(=C\C(Nc1ccnc(N)c1)=C(/N)O)c1cc(Cl)ccc1F. The van der Waals surface area contributed by atoms with E-state index < -0.39 is 11.7 Å². The van der Waals surface area contributed by atoms with Gasteiger partial charge in [-0.3, -0.25) is 0 Å². The lowest BCUT2D eigenvalue weighted by Gasteiger charge is -2.11. The Labute approximate surface area is 137 Å². The van der Waals surface area contributed by atoms with E-state index in [2.05, 4.69) is 10.3 Å². The van der Waals surface area contributed by atoms with Crippen molar-refractivity contribution in [1.82, 2.24) is 4.98 Å². The summed E-state index contributed by atoms with van der Waals surface area (Å²) in [5, 5.41) is 12.7. The van der Waals surface area contributed by atoms with Crippen molar-refractivity contribution in [2.75, 3.05) is 11.1 Å². The van der Waals surface area contributed by atoms with E-state index in [1.807, 2.05) is 0 Å². The highest BCUT2D eigenvalue weighted by atomic mass is 35.5. The van der Waals surface area contributed by atoms with Crippen LogP contribution >= 0.6 is 11.6 Å². The van der Waals surface area contributed by atoms with Gasteiger partial charge in [0, 0.05) is 34.2 Å². The number of nitrogens with one attached hydrogen (secondary N) is 1. The number of aliphatic hydroxyl groups excluding tert-OH is 1. The number of aromatic nitrogens is 1. The molecule has 0 saturated carbocycles. The normalized spacial score (nSPS) is 12.7. The summed E-state index contributed by atoms with van der Waals surface area (Å²) < 4.78 is 13.8. The van der Waals surface area contributed by atoms with Gasteiger partial charge in [-0.15, -0.1) is 0 Å². The lowest BCUT2D eigenvalue weighted by Crippen LogP contribution is -2.10. The molecule has 23 heavy (non-hydrogen) atoms. The highest BCUT2D eigenvalue weighted by Crippen LogP contribution is 2.21. The first kappa shape index (κ1) is 16.4. The summed E-state index contributed by atoms with van der Waals surface area (Å²) in [6.07, 6.45) is 2.77. The van der Waals surface area contributed by atoms with Crippen molar-refractivity contribution in [3.63, 3.8) is 0 Å². The predicted octanol–water partition coefficient (Wildman–Crippen LogP) is 2.55. The summed E-state index contributed by atoms with van der Waals surface area (Å²) >= 11 is 5.84. The topological polar surface area (TPSA) is 123 Å². The highest BCUT2D eigenvalue weighted by molar-refractivity contribution is 6.30. The van der Waals surface area contributed by atoms with Gasteiger partial charge in [0.1, 0.15) is 17.3 Å². The van der Waals surface area contributed by atoms with Crippen LogP contribution in [0.1, 0.15) is 5.56 Å². The smallest absolute Gasteiger partial charge is 0.206 e. The van der Waals surface area contributed by atoms with E-state index in [1.54, 1.807) is 6.07 Å². The van der Waals surface area contributed by atoms with Gasteiger partial charge in [-0.25, -0.2) is 9.37 Å².